The molecule has 84 valence electrons. The topological polar surface area (TPSA) is 92.8 Å². The number of ketones is 1. The van der Waals surface area contributed by atoms with Crippen LogP contribution in [0.15, 0.2) is 28.8 Å². The fourth-order valence-corrected chi connectivity index (χ4v) is 1.92. The molecule has 0 aromatic carbocycles. The van der Waals surface area contributed by atoms with Crippen molar-refractivity contribution in [2.24, 2.45) is 16.6 Å². The summed E-state index contributed by atoms with van der Waals surface area (Å²) in [5, 5.41) is 8.73. The molecule has 2 rings (SSSR count). The minimum Gasteiger partial charge on any atom is -0.480 e. The van der Waals surface area contributed by atoms with Crippen LogP contribution in [0.25, 0.3) is 0 Å². The molecule has 0 saturated heterocycles. The fourth-order valence-electron chi connectivity index (χ4n) is 1.92. The normalized spacial score (nSPS) is 24.8. The van der Waals surface area contributed by atoms with Gasteiger partial charge in [-0.1, -0.05) is 0 Å². The highest BCUT2D eigenvalue weighted by atomic mass is 16.4. The van der Waals surface area contributed by atoms with Gasteiger partial charge in [0.15, 0.2) is 5.78 Å². The summed E-state index contributed by atoms with van der Waals surface area (Å²) in [7, 11) is 0. The van der Waals surface area contributed by atoms with Crippen LogP contribution in [0.4, 0.5) is 0 Å². The average Bonchev–Trinajstić information content (AvgIpc) is 2.61. The van der Waals surface area contributed by atoms with E-state index < -0.39 is 12.0 Å². The highest BCUT2D eigenvalue weighted by molar-refractivity contribution is 6.20. The van der Waals surface area contributed by atoms with E-state index >= 15 is 0 Å². The van der Waals surface area contributed by atoms with Gasteiger partial charge in [0.05, 0.1) is 5.71 Å². The van der Waals surface area contributed by atoms with Crippen LogP contribution in [0.1, 0.15) is 6.42 Å². The predicted molar refractivity (Wildman–Crippen MR) is 58.3 cm³/mol. The molecule has 1 heterocycles. The Bertz CT molecular complexity index is 435. The maximum absolute atomic E-state index is 11.2. The zero-order valence-corrected chi connectivity index (χ0v) is 8.59. The Balaban J connectivity index is 2.11. The van der Waals surface area contributed by atoms with E-state index in [1.165, 1.54) is 12.2 Å². The van der Waals surface area contributed by atoms with Crippen molar-refractivity contribution in [3.63, 3.8) is 0 Å². The van der Waals surface area contributed by atoms with Crippen molar-refractivity contribution in [2.45, 2.75) is 12.5 Å². The maximum atomic E-state index is 11.2. The lowest BCUT2D eigenvalue weighted by atomic mass is 9.89. The molecule has 0 saturated carbocycles. The number of nitrogens with zero attached hydrogens (tertiary/aromatic N) is 1. The van der Waals surface area contributed by atoms with Crippen LogP contribution >= 0.6 is 0 Å². The zero-order chi connectivity index (χ0) is 11.7. The number of nitrogens with two attached hydrogens (primary N) is 1. The molecule has 2 unspecified atom stereocenters. The van der Waals surface area contributed by atoms with Gasteiger partial charge in [-0.15, -0.1) is 0 Å². The van der Waals surface area contributed by atoms with Crippen LogP contribution < -0.4 is 5.73 Å². The van der Waals surface area contributed by atoms with Crippen molar-refractivity contribution in [2.75, 3.05) is 6.54 Å². The van der Waals surface area contributed by atoms with Gasteiger partial charge >= 0.3 is 5.97 Å². The number of hydrogen-bond acceptors (Lipinski definition) is 4. The first-order chi connectivity index (χ1) is 7.58. The summed E-state index contributed by atoms with van der Waals surface area (Å²) in [5.41, 5.74) is 7.08. The predicted octanol–water partition coefficient (Wildman–Crippen LogP) is -0.0755. The second-order valence-corrected chi connectivity index (χ2v) is 3.94. The van der Waals surface area contributed by atoms with Gasteiger partial charge in [0.25, 0.3) is 0 Å². The van der Waals surface area contributed by atoms with E-state index in [4.69, 9.17) is 10.8 Å². The van der Waals surface area contributed by atoms with Gasteiger partial charge in [-0.3, -0.25) is 14.6 Å². The monoisotopic (exact) mass is 220 g/mol. The molecular formula is C11H12N2O3. The first kappa shape index (κ1) is 10.8. The molecule has 0 radical (unpaired) electrons. The third kappa shape index (κ3) is 1.94. The van der Waals surface area contributed by atoms with Gasteiger partial charge in [-0.05, 0) is 30.2 Å². The number of carbonyl (C=O) groups is 2. The van der Waals surface area contributed by atoms with E-state index in [1.54, 1.807) is 6.08 Å². The SMILES string of the molecule is NC(CC1CN=C2C=CC(=O)C=C21)C(=O)O. The number of aliphatic carboxylic acids is 1. The molecule has 1 aliphatic carbocycles. The van der Waals surface area contributed by atoms with Crippen LogP contribution in [0.3, 0.4) is 0 Å². The number of carboxylic acids is 1. The number of carboxylic acid groups (broad SMARTS) is 1. The van der Waals surface area contributed by atoms with Crippen LogP contribution in [0.5, 0.6) is 0 Å². The molecule has 5 nitrogen and oxygen atoms in total. The number of allylic oxidation sites excluding steroid dienone is 3. The summed E-state index contributed by atoms with van der Waals surface area (Å²) in [6, 6.07) is -0.901. The molecule has 0 bridgehead atoms. The summed E-state index contributed by atoms with van der Waals surface area (Å²) in [6.07, 6.45) is 4.96. The van der Waals surface area contributed by atoms with Gasteiger partial charge in [0.2, 0.25) is 0 Å². The van der Waals surface area contributed by atoms with Crippen LogP contribution in [0.2, 0.25) is 0 Å². The smallest absolute Gasteiger partial charge is 0.320 e. The number of rotatable bonds is 3. The molecular weight excluding hydrogens is 208 g/mol. The third-order valence-electron chi connectivity index (χ3n) is 2.78. The highest BCUT2D eigenvalue weighted by Crippen LogP contribution is 2.27. The first-order valence-corrected chi connectivity index (χ1v) is 5.05. The van der Waals surface area contributed by atoms with E-state index in [1.807, 2.05) is 0 Å². The van der Waals surface area contributed by atoms with Gasteiger partial charge in [0, 0.05) is 12.5 Å². The Morgan fingerprint density at radius 1 is 1.62 bits per heavy atom. The first-order valence-electron chi connectivity index (χ1n) is 5.05. The average molecular weight is 220 g/mol. The van der Waals surface area contributed by atoms with E-state index in [-0.39, 0.29) is 11.7 Å². The van der Waals surface area contributed by atoms with E-state index in [9.17, 15) is 9.59 Å². The second kappa shape index (κ2) is 4.02. The Kier molecular flexibility index (Phi) is 2.70. The summed E-state index contributed by atoms with van der Waals surface area (Å²) >= 11 is 0. The molecule has 0 aromatic rings. The van der Waals surface area contributed by atoms with E-state index in [0.29, 0.717) is 13.0 Å². The van der Waals surface area contributed by atoms with E-state index in [2.05, 4.69) is 4.99 Å². The maximum Gasteiger partial charge on any atom is 0.320 e. The molecule has 0 aromatic heterocycles. The number of aliphatic imine (C=N–C) groups is 1. The Hall–Kier alpha value is -1.75. The zero-order valence-electron chi connectivity index (χ0n) is 8.59. The number of carbonyl (C=O) groups excluding carboxylic acids is 1. The molecule has 0 amide bonds. The van der Waals surface area contributed by atoms with Crippen molar-refractivity contribution in [1.82, 2.24) is 0 Å². The molecule has 3 N–H and O–H groups in total. The van der Waals surface area contributed by atoms with Crippen molar-refractivity contribution < 1.29 is 14.7 Å². The second-order valence-electron chi connectivity index (χ2n) is 3.94. The fraction of sp³-hybridized carbons (Fsp3) is 0.364. The van der Waals surface area contributed by atoms with E-state index in [0.717, 1.165) is 11.3 Å². The van der Waals surface area contributed by atoms with Crippen molar-refractivity contribution >= 4 is 17.5 Å². The Labute approximate surface area is 92.4 Å². The number of fused-ring (bicyclic) bond motifs is 1. The van der Waals surface area contributed by atoms with Crippen LogP contribution in [-0.2, 0) is 9.59 Å². The van der Waals surface area contributed by atoms with Gasteiger partial charge in [-0.25, -0.2) is 0 Å². The van der Waals surface area contributed by atoms with Gasteiger partial charge < -0.3 is 10.8 Å². The Morgan fingerprint density at radius 2 is 2.38 bits per heavy atom. The Morgan fingerprint density at radius 3 is 3.06 bits per heavy atom. The molecule has 1 aliphatic heterocycles. The standard InChI is InChI=1S/C11H12N2O3/c12-9(11(15)16)3-6-5-13-10-2-1-7(14)4-8(6)10/h1-2,4,6,9H,3,5,12H2,(H,15,16). The minimum absolute atomic E-state index is 0.0463. The van der Waals surface area contributed by atoms with Gasteiger partial charge in [-0.2, -0.15) is 0 Å². The highest BCUT2D eigenvalue weighted by Gasteiger charge is 2.29. The lowest BCUT2D eigenvalue weighted by molar-refractivity contribution is -0.138. The molecule has 16 heavy (non-hydrogen) atoms. The minimum atomic E-state index is -1.02. The molecule has 2 aliphatic rings. The molecule has 0 spiro atoms. The van der Waals surface area contributed by atoms with Crippen molar-refractivity contribution in [1.29, 1.82) is 0 Å². The van der Waals surface area contributed by atoms with Crippen LogP contribution in [-0.4, -0.2) is 35.2 Å². The summed E-state index contributed by atoms with van der Waals surface area (Å²) in [4.78, 5) is 26.1. The number of hydrogen-bond donors (Lipinski definition) is 2. The van der Waals surface area contributed by atoms with Crippen molar-refractivity contribution in [3.05, 3.63) is 23.8 Å². The summed E-state index contributed by atoms with van der Waals surface area (Å²) < 4.78 is 0. The quantitative estimate of drug-likeness (QED) is 0.651. The molecule has 2 atom stereocenters. The summed E-state index contributed by atoms with van der Waals surface area (Å²) in [5.74, 6) is -1.15. The summed E-state index contributed by atoms with van der Waals surface area (Å²) in [6.45, 7) is 0.514. The third-order valence-corrected chi connectivity index (χ3v) is 2.78. The molecule has 0 fully saturated rings. The largest absolute Gasteiger partial charge is 0.480 e. The van der Waals surface area contributed by atoms with Gasteiger partial charge in [0.1, 0.15) is 6.04 Å². The van der Waals surface area contributed by atoms with Crippen molar-refractivity contribution in [3.8, 4) is 0 Å². The molecule has 5 heteroatoms. The van der Waals surface area contributed by atoms with Crippen LogP contribution in [0, 0.1) is 5.92 Å². The lowest BCUT2D eigenvalue weighted by Crippen LogP contribution is -2.33. The lowest BCUT2D eigenvalue weighted by Gasteiger charge is -2.15.